The number of hydrogen-bond donors (Lipinski definition) is 1. The van der Waals surface area contributed by atoms with E-state index in [1.54, 1.807) is 7.05 Å². The molecule has 1 spiro atoms. The molecule has 5 rings (SSSR count). The van der Waals surface area contributed by atoms with Crippen molar-refractivity contribution < 1.29 is 9.53 Å². The van der Waals surface area contributed by atoms with Crippen LogP contribution in [-0.4, -0.2) is 23.8 Å². The van der Waals surface area contributed by atoms with Crippen molar-refractivity contribution in [2.45, 2.75) is 18.1 Å². The second kappa shape index (κ2) is 6.48. The van der Waals surface area contributed by atoms with Crippen LogP contribution in [0.3, 0.4) is 0 Å². The lowest BCUT2D eigenvalue weighted by atomic mass is 9.79. The lowest BCUT2D eigenvalue weighted by Gasteiger charge is -2.37. The Balaban J connectivity index is 1.68. The third-order valence-electron chi connectivity index (χ3n) is 5.76. The standard InChI is InChI=1S/C24H21N3O2/c1-27-22(28)24(26-23(27)25)15-21(17-10-6-3-7-11-17)29-20-13-12-18(14-19(20)24)16-8-4-2-5-9-16/h2-14,21H,15H2,1H3,(H2,25,26). The summed E-state index contributed by atoms with van der Waals surface area (Å²) in [5, 5.41) is 0. The average molecular weight is 383 g/mol. The molecule has 2 unspecified atom stereocenters. The second-order valence-corrected chi connectivity index (χ2v) is 7.49. The molecule has 3 aromatic carbocycles. The maximum Gasteiger partial charge on any atom is 0.261 e. The van der Waals surface area contributed by atoms with Gasteiger partial charge in [0.25, 0.3) is 5.91 Å². The molecule has 1 amide bonds. The molecule has 0 fully saturated rings. The normalized spacial score (nSPS) is 22.9. The van der Waals surface area contributed by atoms with Crippen molar-refractivity contribution in [3.63, 3.8) is 0 Å². The molecule has 5 nitrogen and oxygen atoms in total. The Kier molecular flexibility index (Phi) is 3.91. The number of ether oxygens (including phenoxy) is 1. The summed E-state index contributed by atoms with van der Waals surface area (Å²) >= 11 is 0. The van der Waals surface area contributed by atoms with Crippen molar-refractivity contribution in [1.29, 1.82) is 0 Å². The third-order valence-corrected chi connectivity index (χ3v) is 5.76. The zero-order chi connectivity index (χ0) is 20.0. The van der Waals surface area contributed by atoms with Crippen LogP contribution >= 0.6 is 0 Å². The molecule has 0 saturated heterocycles. The number of nitrogens with zero attached hydrogens (tertiary/aromatic N) is 2. The molecule has 2 aliphatic heterocycles. The van der Waals surface area contributed by atoms with E-state index in [1.165, 1.54) is 4.90 Å². The third kappa shape index (κ3) is 2.70. The highest BCUT2D eigenvalue weighted by Crippen LogP contribution is 2.50. The van der Waals surface area contributed by atoms with E-state index in [4.69, 9.17) is 10.5 Å². The smallest absolute Gasteiger partial charge is 0.261 e. The quantitative estimate of drug-likeness (QED) is 0.731. The van der Waals surface area contributed by atoms with Crippen LogP contribution in [0.2, 0.25) is 0 Å². The van der Waals surface area contributed by atoms with Crippen molar-refractivity contribution in [2.75, 3.05) is 7.05 Å². The summed E-state index contributed by atoms with van der Waals surface area (Å²) < 4.78 is 6.33. The fourth-order valence-electron chi connectivity index (χ4n) is 4.20. The van der Waals surface area contributed by atoms with Crippen molar-refractivity contribution in [1.82, 2.24) is 4.90 Å². The first-order valence-corrected chi connectivity index (χ1v) is 9.63. The molecule has 0 aliphatic carbocycles. The number of likely N-dealkylation sites (N-methyl/N-ethyl adjacent to an activating group) is 1. The number of guanidine groups is 1. The lowest BCUT2D eigenvalue weighted by Crippen LogP contribution is -2.43. The summed E-state index contributed by atoms with van der Waals surface area (Å²) in [6.07, 6.45) is 0.129. The van der Waals surface area contributed by atoms with Crippen LogP contribution in [0.15, 0.2) is 83.9 Å². The second-order valence-electron chi connectivity index (χ2n) is 7.49. The van der Waals surface area contributed by atoms with Gasteiger partial charge in [-0.05, 0) is 28.8 Å². The van der Waals surface area contributed by atoms with Crippen LogP contribution in [0.25, 0.3) is 11.1 Å². The van der Waals surface area contributed by atoms with Crippen LogP contribution in [0, 0.1) is 0 Å². The van der Waals surface area contributed by atoms with E-state index in [0.29, 0.717) is 12.2 Å². The number of amides is 1. The molecule has 3 aromatic rings. The van der Waals surface area contributed by atoms with Gasteiger partial charge in [-0.1, -0.05) is 66.7 Å². The molecule has 144 valence electrons. The van der Waals surface area contributed by atoms with Crippen LogP contribution in [0.5, 0.6) is 5.75 Å². The molecule has 2 aliphatic rings. The van der Waals surface area contributed by atoms with Gasteiger partial charge in [0.2, 0.25) is 0 Å². The van der Waals surface area contributed by atoms with E-state index >= 15 is 0 Å². The van der Waals surface area contributed by atoms with Gasteiger partial charge in [-0.3, -0.25) is 9.69 Å². The topological polar surface area (TPSA) is 67.9 Å². The van der Waals surface area contributed by atoms with Gasteiger partial charge in [-0.25, -0.2) is 4.99 Å². The van der Waals surface area contributed by atoms with E-state index in [-0.39, 0.29) is 18.0 Å². The van der Waals surface area contributed by atoms with E-state index < -0.39 is 5.54 Å². The van der Waals surface area contributed by atoms with Crippen molar-refractivity contribution >= 4 is 11.9 Å². The Bertz CT molecular complexity index is 1110. The Morgan fingerprint density at radius 2 is 1.69 bits per heavy atom. The number of hydrogen-bond acceptors (Lipinski definition) is 4. The SMILES string of the molecule is CN1C(=O)C2(CC(c3ccccc3)Oc3ccc(-c4ccccc4)cc32)N=C1N. The molecule has 29 heavy (non-hydrogen) atoms. The van der Waals surface area contributed by atoms with Gasteiger partial charge in [-0.2, -0.15) is 0 Å². The first kappa shape index (κ1) is 17.5. The highest BCUT2D eigenvalue weighted by atomic mass is 16.5. The number of aliphatic imine (C=N–C) groups is 1. The minimum Gasteiger partial charge on any atom is -0.485 e. The van der Waals surface area contributed by atoms with E-state index in [0.717, 1.165) is 22.3 Å². The Morgan fingerprint density at radius 1 is 1.00 bits per heavy atom. The Hall–Kier alpha value is -3.60. The molecular formula is C24H21N3O2. The summed E-state index contributed by atoms with van der Waals surface area (Å²) in [5.74, 6) is 0.787. The zero-order valence-corrected chi connectivity index (χ0v) is 16.1. The molecule has 0 aromatic heterocycles. The monoisotopic (exact) mass is 383 g/mol. The molecule has 0 radical (unpaired) electrons. The molecular weight excluding hydrogens is 362 g/mol. The lowest BCUT2D eigenvalue weighted by molar-refractivity contribution is -0.132. The van der Waals surface area contributed by atoms with Gasteiger partial charge in [0.1, 0.15) is 11.9 Å². The van der Waals surface area contributed by atoms with Crippen LogP contribution in [0.1, 0.15) is 23.7 Å². The highest BCUT2D eigenvalue weighted by molar-refractivity contribution is 6.07. The van der Waals surface area contributed by atoms with Crippen molar-refractivity contribution in [2.24, 2.45) is 10.7 Å². The van der Waals surface area contributed by atoms with Gasteiger partial charge in [0, 0.05) is 19.0 Å². The number of benzene rings is 3. The first-order chi connectivity index (χ1) is 14.1. The molecule has 2 N–H and O–H groups in total. The van der Waals surface area contributed by atoms with E-state index in [9.17, 15) is 4.79 Å². The summed E-state index contributed by atoms with van der Waals surface area (Å²) in [7, 11) is 1.67. The number of fused-ring (bicyclic) bond motifs is 2. The number of nitrogens with two attached hydrogens (primary N) is 1. The summed E-state index contributed by atoms with van der Waals surface area (Å²) in [6, 6.07) is 26.0. The van der Waals surface area contributed by atoms with E-state index in [1.807, 2.05) is 78.9 Å². The predicted molar refractivity (Wildman–Crippen MR) is 112 cm³/mol. The number of rotatable bonds is 2. The average Bonchev–Trinajstić information content (AvgIpc) is 2.98. The molecule has 2 heterocycles. The zero-order valence-electron chi connectivity index (χ0n) is 16.1. The molecule has 2 atom stereocenters. The molecule has 0 saturated carbocycles. The predicted octanol–water partition coefficient (Wildman–Crippen LogP) is 3.86. The maximum atomic E-state index is 13.4. The van der Waals surface area contributed by atoms with Gasteiger partial charge in [0.05, 0.1) is 0 Å². The van der Waals surface area contributed by atoms with Crippen LogP contribution in [-0.2, 0) is 10.3 Å². The van der Waals surface area contributed by atoms with E-state index in [2.05, 4.69) is 4.99 Å². The molecule has 0 bridgehead atoms. The largest absolute Gasteiger partial charge is 0.485 e. The van der Waals surface area contributed by atoms with Crippen LogP contribution in [0.4, 0.5) is 0 Å². The number of carbonyl (C=O) groups excluding carboxylic acids is 1. The highest BCUT2D eigenvalue weighted by Gasteiger charge is 2.53. The molecule has 5 heteroatoms. The summed E-state index contributed by atoms with van der Waals surface area (Å²) in [6.45, 7) is 0. The fourth-order valence-corrected chi connectivity index (χ4v) is 4.20. The fraction of sp³-hybridized carbons (Fsp3) is 0.167. The van der Waals surface area contributed by atoms with Crippen LogP contribution < -0.4 is 10.5 Å². The van der Waals surface area contributed by atoms with Gasteiger partial charge >= 0.3 is 0 Å². The first-order valence-electron chi connectivity index (χ1n) is 9.63. The van der Waals surface area contributed by atoms with Crippen molar-refractivity contribution in [3.8, 4) is 16.9 Å². The maximum absolute atomic E-state index is 13.4. The summed E-state index contributed by atoms with van der Waals surface area (Å²) in [5.41, 5.74) is 8.88. The minimum absolute atomic E-state index is 0.120. The van der Waals surface area contributed by atoms with Gasteiger partial charge in [-0.15, -0.1) is 0 Å². The number of carbonyl (C=O) groups is 1. The van der Waals surface area contributed by atoms with Gasteiger partial charge < -0.3 is 10.5 Å². The van der Waals surface area contributed by atoms with Gasteiger partial charge in [0.15, 0.2) is 11.5 Å². The summed E-state index contributed by atoms with van der Waals surface area (Å²) in [4.78, 5) is 19.5. The Labute approximate surface area is 169 Å². The minimum atomic E-state index is -1.07. The van der Waals surface area contributed by atoms with Crippen molar-refractivity contribution in [3.05, 3.63) is 90.0 Å². The Morgan fingerprint density at radius 3 is 2.34 bits per heavy atom.